The van der Waals surface area contributed by atoms with E-state index in [1.807, 2.05) is 24.3 Å². The Hall–Kier alpha value is -9.26. The summed E-state index contributed by atoms with van der Waals surface area (Å²) < 4.78 is 4.65. The van der Waals surface area contributed by atoms with Crippen molar-refractivity contribution in [1.29, 1.82) is 0 Å². The molecule has 0 bridgehead atoms. The first-order valence-corrected chi connectivity index (χ1v) is 22.9. The van der Waals surface area contributed by atoms with E-state index in [4.69, 9.17) is 19.9 Å². The quantitative estimate of drug-likeness (QED) is 0.153. The van der Waals surface area contributed by atoms with Gasteiger partial charge >= 0.3 is 0 Å². The highest BCUT2D eigenvalue weighted by atomic mass is 15.1. The molecule has 0 saturated heterocycles. The van der Waals surface area contributed by atoms with E-state index in [9.17, 15) is 0 Å². The number of aromatic nitrogens is 6. The highest BCUT2D eigenvalue weighted by molar-refractivity contribution is 6.23. The third-order valence-corrected chi connectivity index (χ3v) is 12.9. The third-order valence-electron chi connectivity index (χ3n) is 12.9. The van der Waals surface area contributed by atoms with Gasteiger partial charge in [0, 0.05) is 32.7 Å². The Morgan fingerprint density at radius 2 is 0.574 bits per heavy atom. The molecule has 0 amide bonds. The minimum Gasteiger partial charge on any atom is -0.292 e. The molecule has 0 unspecified atom stereocenters. The normalized spacial score (nSPS) is 11.5. The fourth-order valence-corrected chi connectivity index (χ4v) is 9.79. The summed E-state index contributed by atoms with van der Waals surface area (Å²) in [5, 5.41) is 4.53. The summed E-state index contributed by atoms with van der Waals surface area (Å²) in [4.78, 5) is 21.5. The average molecular weight is 869 g/mol. The van der Waals surface area contributed by atoms with E-state index < -0.39 is 0 Å². The highest BCUT2D eigenvalue weighted by Gasteiger charge is 2.23. The molecule has 0 saturated carbocycles. The number of nitrogens with zero attached hydrogens (tertiary/aromatic N) is 6. The van der Waals surface area contributed by atoms with Crippen LogP contribution in [0.3, 0.4) is 0 Å². The molecule has 0 fully saturated rings. The molecule has 0 spiro atoms. The zero-order chi connectivity index (χ0) is 45.0. The van der Waals surface area contributed by atoms with E-state index in [1.165, 1.54) is 0 Å². The van der Waals surface area contributed by atoms with Crippen LogP contribution in [-0.2, 0) is 0 Å². The van der Waals surface area contributed by atoms with Crippen molar-refractivity contribution in [2.75, 3.05) is 0 Å². The summed E-state index contributed by atoms with van der Waals surface area (Å²) >= 11 is 0. The number of para-hydroxylation sites is 2. The van der Waals surface area contributed by atoms with Crippen molar-refractivity contribution in [1.82, 2.24) is 29.1 Å². The van der Waals surface area contributed by atoms with E-state index in [1.54, 1.807) is 0 Å². The van der Waals surface area contributed by atoms with Gasteiger partial charge in [0.05, 0.1) is 56.2 Å². The van der Waals surface area contributed by atoms with Gasteiger partial charge in [-0.25, -0.2) is 19.9 Å². The molecule has 68 heavy (non-hydrogen) atoms. The Bertz CT molecular complexity index is 3630. The molecule has 318 valence electrons. The number of pyridine rings is 4. The lowest BCUT2D eigenvalue weighted by Crippen LogP contribution is -2.03. The summed E-state index contributed by atoms with van der Waals surface area (Å²) in [6.07, 6.45) is 0. The van der Waals surface area contributed by atoms with Crippen LogP contribution in [0.15, 0.2) is 243 Å². The second-order valence-electron chi connectivity index (χ2n) is 17.0. The predicted molar refractivity (Wildman–Crippen MR) is 279 cm³/mol. The Kier molecular flexibility index (Phi) is 9.39. The summed E-state index contributed by atoms with van der Waals surface area (Å²) in [5.41, 5.74) is 15.7. The fourth-order valence-electron chi connectivity index (χ4n) is 9.79. The molecule has 0 aliphatic heterocycles. The van der Waals surface area contributed by atoms with Crippen LogP contribution in [0.4, 0.5) is 0 Å². The summed E-state index contributed by atoms with van der Waals surface area (Å²) in [7, 11) is 0. The lowest BCUT2D eigenvalue weighted by molar-refractivity contribution is 1.06. The molecule has 13 rings (SSSR count). The molecular weight excluding hydrogens is 829 g/mol. The Labute approximate surface area is 392 Å². The standard InChI is InChI=1S/C62H40N6/c1-5-19-41(20-6-1)45-37-53(43-23-9-3-10-24-43)63-55(39-45)51-29-17-33-59(65-51)67-57-31-15-13-27-47(57)49-35-36-50-48-28-14-16-32-58(48)68(62(50)61(49)67)60-34-18-30-52(66-60)56-40-46(42-21-7-2-8-22-42)38-54(64-56)44-25-11-4-12-26-44/h1-40H. The van der Waals surface area contributed by atoms with Gasteiger partial charge in [0.1, 0.15) is 11.6 Å². The number of fused-ring (bicyclic) bond motifs is 7. The minimum absolute atomic E-state index is 0.783. The van der Waals surface area contributed by atoms with Gasteiger partial charge in [-0.1, -0.05) is 182 Å². The van der Waals surface area contributed by atoms with E-state index in [0.29, 0.717) is 0 Å². The van der Waals surface area contributed by atoms with E-state index in [-0.39, 0.29) is 0 Å². The van der Waals surface area contributed by atoms with Crippen LogP contribution >= 0.6 is 0 Å². The number of benzene rings is 7. The topological polar surface area (TPSA) is 61.4 Å². The molecule has 0 radical (unpaired) electrons. The number of hydrogen-bond donors (Lipinski definition) is 0. The van der Waals surface area contributed by atoms with Crippen LogP contribution in [0.5, 0.6) is 0 Å². The van der Waals surface area contributed by atoms with Crippen molar-refractivity contribution in [2.45, 2.75) is 0 Å². The van der Waals surface area contributed by atoms with E-state index in [2.05, 4.69) is 228 Å². The van der Waals surface area contributed by atoms with E-state index >= 15 is 0 Å². The average Bonchev–Trinajstić information content (AvgIpc) is 3.95. The van der Waals surface area contributed by atoms with Gasteiger partial charge in [-0.3, -0.25) is 9.13 Å². The van der Waals surface area contributed by atoms with E-state index in [0.717, 1.165) is 123 Å². The largest absolute Gasteiger partial charge is 0.292 e. The SMILES string of the molecule is c1ccc(-c2cc(-c3ccccc3)nc(-c3cccc(-n4c5ccccc5c5ccc6c7ccccc7n(-c7cccc(-c8cc(-c9ccccc9)cc(-c9ccccc9)n8)n7)c6c54)n3)c2)cc1. The predicted octanol–water partition coefficient (Wildman–Crippen LogP) is 15.5. The molecule has 6 aromatic heterocycles. The van der Waals surface area contributed by atoms with Crippen LogP contribution in [0.1, 0.15) is 0 Å². The lowest BCUT2D eigenvalue weighted by Gasteiger charge is -2.14. The molecule has 0 N–H and O–H groups in total. The van der Waals surface area contributed by atoms with Crippen LogP contribution in [0.25, 0.3) is 123 Å². The zero-order valence-corrected chi connectivity index (χ0v) is 36.8. The Balaban J connectivity index is 1.04. The van der Waals surface area contributed by atoms with Gasteiger partial charge in [-0.15, -0.1) is 0 Å². The third kappa shape index (κ3) is 6.74. The molecular formula is C62H40N6. The maximum Gasteiger partial charge on any atom is 0.138 e. The lowest BCUT2D eigenvalue weighted by atomic mass is 10.0. The second kappa shape index (κ2) is 16.3. The Morgan fingerprint density at radius 3 is 0.985 bits per heavy atom. The smallest absolute Gasteiger partial charge is 0.138 e. The molecule has 6 heterocycles. The molecule has 13 aromatic rings. The first-order valence-electron chi connectivity index (χ1n) is 22.9. The van der Waals surface area contributed by atoms with Gasteiger partial charge in [0.25, 0.3) is 0 Å². The first-order chi connectivity index (χ1) is 33.7. The van der Waals surface area contributed by atoms with Crippen LogP contribution in [0, 0.1) is 0 Å². The molecule has 6 heteroatoms. The molecule has 0 aliphatic carbocycles. The molecule has 6 nitrogen and oxygen atoms in total. The number of rotatable bonds is 8. The molecule has 0 atom stereocenters. The van der Waals surface area contributed by atoms with Crippen LogP contribution in [-0.4, -0.2) is 29.1 Å². The van der Waals surface area contributed by atoms with Gasteiger partial charge in [-0.2, -0.15) is 0 Å². The van der Waals surface area contributed by atoms with Crippen molar-refractivity contribution in [3.05, 3.63) is 243 Å². The summed E-state index contributed by atoms with van der Waals surface area (Å²) in [5.74, 6) is 1.59. The highest BCUT2D eigenvalue weighted by Crippen LogP contribution is 2.42. The molecule has 7 aromatic carbocycles. The van der Waals surface area contributed by atoms with Gasteiger partial charge < -0.3 is 0 Å². The van der Waals surface area contributed by atoms with Crippen LogP contribution < -0.4 is 0 Å². The monoisotopic (exact) mass is 868 g/mol. The van der Waals surface area contributed by atoms with Gasteiger partial charge in [0.2, 0.25) is 0 Å². The Morgan fingerprint density at radius 1 is 0.221 bits per heavy atom. The first kappa shape index (κ1) is 39.1. The zero-order valence-electron chi connectivity index (χ0n) is 36.8. The van der Waals surface area contributed by atoms with Gasteiger partial charge in [0.15, 0.2) is 0 Å². The van der Waals surface area contributed by atoms with Crippen molar-refractivity contribution in [2.24, 2.45) is 0 Å². The minimum atomic E-state index is 0.783. The number of hydrogen-bond acceptors (Lipinski definition) is 4. The maximum absolute atomic E-state index is 5.51. The summed E-state index contributed by atoms with van der Waals surface area (Å²) in [6.45, 7) is 0. The van der Waals surface area contributed by atoms with Crippen LogP contribution in [0.2, 0.25) is 0 Å². The maximum atomic E-state index is 5.51. The van der Waals surface area contributed by atoms with Crippen molar-refractivity contribution in [3.63, 3.8) is 0 Å². The fraction of sp³-hybridized carbons (Fsp3) is 0. The van der Waals surface area contributed by atoms with Gasteiger partial charge in [-0.05, 0) is 82.9 Å². The molecule has 0 aliphatic rings. The van der Waals surface area contributed by atoms with Crippen molar-refractivity contribution >= 4 is 43.6 Å². The summed E-state index contributed by atoms with van der Waals surface area (Å²) in [6, 6.07) is 84.7. The van der Waals surface area contributed by atoms with Crippen molar-refractivity contribution < 1.29 is 0 Å². The second-order valence-corrected chi connectivity index (χ2v) is 17.0. The van der Waals surface area contributed by atoms with Crippen molar-refractivity contribution in [3.8, 4) is 79.2 Å².